The molecule has 0 radical (unpaired) electrons. The van der Waals surface area contributed by atoms with Gasteiger partial charge < -0.3 is 5.11 Å². The number of benzene rings is 2. The fourth-order valence-corrected chi connectivity index (χ4v) is 1.88. The lowest BCUT2D eigenvalue weighted by Crippen LogP contribution is -2.17. The second-order valence-electron chi connectivity index (χ2n) is 4.19. The Morgan fingerprint density at radius 3 is 2.64 bits per heavy atom. The van der Waals surface area contributed by atoms with Crippen LogP contribution in [0.25, 0.3) is 0 Å². The van der Waals surface area contributed by atoms with Gasteiger partial charge >= 0.3 is 5.69 Å². The molecule has 0 fully saturated rings. The van der Waals surface area contributed by atoms with Crippen molar-refractivity contribution in [2.45, 2.75) is 0 Å². The third kappa shape index (κ3) is 3.58. The summed E-state index contributed by atoms with van der Waals surface area (Å²) in [6.45, 7) is 0. The quantitative estimate of drug-likeness (QED) is 0.513. The van der Waals surface area contributed by atoms with Crippen LogP contribution in [-0.4, -0.2) is 22.2 Å². The molecule has 0 heterocycles. The molecule has 0 saturated heterocycles. The average Bonchev–Trinajstić information content (AvgIpc) is 2.50. The van der Waals surface area contributed by atoms with Crippen molar-refractivity contribution in [1.82, 2.24) is 5.43 Å². The number of nitrogens with zero attached hydrogens (tertiary/aromatic N) is 2. The summed E-state index contributed by atoms with van der Waals surface area (Å²) in [5, 5.41) is 24.3. The van der Waals surface area contributed by atoms with Gasteiger partial charge in [0.05, 0.1) is 11.1 Å². The van der Waals surface area contributed by atoms with Crippen LogP contribution >= 0.6 is 11.6 Å². The van der Waals surface area contributed by atoms with Gasteiger partial charge in [-0.25, -0.2) is 5.43 Å². The number of hydrazone groups is 1. The van der Waals surface area contributed by atoms with Gasteiger partial charge in [-0.15, -0.1) is 0 Å². The van der Waals surface area contributed by atoms with E-state index in [1.807, 2.05) is 0 Å². The number of nitrogens with one attached hydrogen (secondary N) is 1. The Bertz CT molecular complexity index is 747. The van der Waals surface area contributed by atoms with Crippen LogP contribution in [0.4, 0.5) is 5.69 Å². The van der Waals surface area contributed by atoms with Crippen molar-refractivity contribution in [3.8, 4) is 5.75 Å². The lowest BCUT2D eigenvalue weighted by Gasteiger charge is -2.02. The molecule has 0 saturated carbocycles. The summed E-state index contributed by atoms with van der Waals surface area (Å²) in [6, 6.07) is 10.7. The van der Waals surface area contributed by atoms with E-state index in [0.29, 0.717) is 5.56 Å². The normalized spacial score (nSPS) is 10.6. The van der Waals surface area contributed by atoms with Gasteiger partial charge in [0.2, 0.25) is 5.75 Å². The van der Waals surface area contributed by atoms with Crippen LogP contribution in [0.1, 0.15) is 15.9 Å². The maximum absolute atomic E-state index is 11.7. The van der Waals surface area contributed by atoms with E-state index in [1.165, 1.54) is 6.07 Å². The van der Waals surface area contributed by atoms with E-state index in [1.54, 1.807) is 30.3 Å². The number of rotatable bonds is 4. The van der Waals surface area contributed by atoms with Gasteiger partial charge in [0.1, 0.15) is 0 Å². The number of hydrogen-bond donors (Lipinski definition) is 2. The third-order valence-electron chi connectivity index (χ3n) is 2.69. The van der Waals surface area contributed by atoms with Crippen LogP contribution in [-0.2, 0) is 0 Å². The minimum absolute atomic E-state index is 0.0209. The first kappa shape index (κ1) is 15.5. The Balaban J connectivity index is 2.17. The van der Waals surface area contributed by atoms with Gasteiger partial charge in [0.25, 0.3) is 5.91 Å². The molecule has 0 atom stereocenters. The van der Waals surface area contributed by atoms with E-state index in [9.17, 15) is 20.0 Å². The Morgan fingerprint density at radius 1 is 1.32 bits per heavy atom. The van der Waals surface area contributed by atoms with Crippen LogP contribution in [0, 0.1) is 10.1 Å². The second kappa shape index (κ2) is 6.68. The van der Waals surface area contributed by atoms with E-state index in [4.69, 9.17) is 11.6 Å². The van der Waals surface area contributed by atoms with Gasteiger partial charge in [0, 0.05) is 22.2 Å². The summed E-state index contributed by atoms with van der Waals surface area (Å²) in [5.41, 5.74) is 2.14. The molecule has 0 aliphatic heterocycles. The molecule has 7 nitrogen and oxygen atoms in total. The van der Waals surface area contributed by atoms with Gasteiger partial charge in [-0.05, 0) is 18.2 Å². The van der Waals surface area contributed by atoms with Crippen molar-refractivity contribution in [2.24, 2.45) is 5.10 Å². The van der Waals surface area contributed by atoms with Crippen LogP contribution in [0.5, 0.6) is 5.75 Å². The number of phenolic OH excluding ortho intramolecular Hbond substituents is 1. The zero-order valence-corrected chi connectivity index (χ0v) is 11.8. The molecule has 0 aromatic heterocycles. The van der Waals surface area contributed by atoms with Crippen molar-refractivity contribution in [1.29, 1.82) is 0 Å². The Kier molecular flexibility index (Phi) is 4.70. The summed E-state index contributed by atoms with van der Waals surface area (Å²) >= 11 is 5.74. The number of aromatic hydroxyl groups is 1. The van der Waals surface area contributed by atoms with Crippen molar-refractivity contribution in [3.05, 3.63) is 68.7 Å². The number of nitro benzene ring substituents is 1. The SMILES string of the molecule is O=C(NN=Cc1cc(Cl)cc([N+](=O)[O-])c1O)c1ccccc1. The lowest BCUT2D eigenvalue weighted by atomic mass is 10.2. The summed E-state index contributed by atoms with van der Waals surface area (Å²) in [4.78, 5) is 21.7. The highest BCUT2D eigenvalue weighted by molar-refractivity contribution is 6.31. The van der Waals surface area contributed by atoms with E-state index >= 15 is 0 Å². The number of nitro groups is 1. The maximum Gasteiger partial charge on any atom is 0.312 e. The Hall–Kier alpha value is -2.93. The molecule has 0 spiro atoms. The average molecular weight is 320 g/mol. The predicted octanol–water partition coefficient (Wildman–Crippen LogP) is 2.72. The molecule has 0 unspecified atom stereocenters. The molecule has 1 amide bonds. The maximum atomic E-state index is 11.7. The molecular formula is C14H10ClN3O4. The fraction of sp³-hybridized carbons (Fsp3) is 0. The standard InChI is InChI=1S/C14H10ClN3O4/c15-11-6-10(13(19)12(7-11)18(21)22)8-16-17-14(20)9-4-2-1-3-5-9/h1-8,19H,(H,17,20). The minimum Gasteiger partial charge on any atom is -0.502 e. The molecule has 22 heavy (non-hydrogen) atoms. The van der Waals surface area contributed by atoms with Crippen molar-refractivity contribution >= 4 is 29.4 Å². The van der Waals surface area contributed by atoms with Crippen LogP contribution in [0.15, 0.2) is 47.6 Å². The zero-order chi connectivity index (χ0) is 16.1. The largest absolute Gasteiger partial charge is 0.502 e. The highest BCUT2D eigenvalue weighted by atomic mass is 35.5. The molecule has 2 aromatic rings. The number of halogens is 1. The number of hydrogen-bond acceptors (Lipinski definition) is 5. The summed E-state index contributed by atoms with van der Waals surface area (Å²) in [6.07, 6.45) is 1.08. The first-order valence-electron chi connectivity index (χ1n) is 6.04. The molecule has 2 rings (SSSR count). The number of carbonyl (C=O) groups is 1. The topological polar surface area (TPSA) is 105 Å². The fourth-order valence-electron chi connectivity index (χ4n) is 1.66. The Morgan fingerprint density at radius 2 is 2.00 bits per heavy atom. The summed E-state index contributed by atoms with van der Waals surface area (Å²) in [5.74, 6) is -1.03. The van der Waals surface area contributed by atoms with E-state index in [2.05, 4.69) is 10.5 Å². The number of phenols is 1. The summed E-state index contributed by atoms with van der Waals surface area (Å²) in [7, 11) is 0. The Labute approximate surface area is 130 Å². The molecule has 112 valence electrons. The van der Waals surface area contributed by atoms with Crippen LogP contribution in [0.3, 0.4) is 0 Å². The molecular weight excluding hydrogens is 310 g/mol. The number of carbonyl (C=O) groups excluding carboxylic acids is 1. The smallest absolute Gasteiger partial charge is 0.312 e. The molecule has 0 bridgehead atoms. The zero-order valence-electron chi connectivity index (χ0n) is 11.1. The van der Waals surface area contributed by atoms with Gasteiger partial charge in [0.15, 0.2) is 0 Å². The molecule has 2 aromatic carbocycles. The van der Waals surface area contributed by atoms with Gasteiger partial charge in [-0.3, -0.25) is 14.9 Å². The lowest BCUT2D eigenvalue weighted by molar-refractivity contribution is -0.385. The second-order valence-corrected chi connectivity index (χ2v) is 4.62. The van der Waals surface area contributed by atoms with Crippen molar-refractivity contribution in [2.75, 3.05) is 0 Å². The van der Waals surface area contributed by atoms with Crippen molar-refractivity contribution in [3.63, 3.8) is 0 Å². The van der Waals surface area contributed by atoms with Crippen LogP contribution < -0.4 is 5.43 Å². The highest BCUT2D eigenvalue weighted by Crippen LogP contribution is 2.32. The molecule has 2 N–H and O–H groups in total. The molecule has 8 heteroatoms. The highest BCUT2D eigenvalue weighted by Gasteiger charge is 2.17. The predicted molar refractivity (Wildman–Crippen MR) is 81.3 cm³/mol. The van der Waals surface area contributed by atoms with Gasteiger partial charge in [-0.2, -0.15) is 5.10 Å². The monoisotopic (exact) mass is 319 g/mol. The molecule has 0 aliphatic carbocycles. The number of amides is 1. The van der Waals surface area contributed by atoms with Crippen LogP contribution in [0.2, 0.25) is 5.02 Å². The van der Waals surface area contributed by atoms with Gasteiger partial charge in [-0.1, -0.05) is 29.8 Å². The van der Waals surface area contributed by atoms with Crippen molar-refractivity contribution < 1.29 is 14.8 Å². The van der Waals surface area contributed by atoms with E-state index < -0.39 is 22.3 Å². The molecule has 0 aliphatic rings. The third-order valence-corrected chi connectivity index (χ3v) is 2.90. The first-order chi connectivity index (χ1) is 10.5. The van der Waals surface area contributed by atoms with E-state index in [-0.39, 0.29) is 10.6 Å². The van der Waals surface area contributed by atoms with E-state index in [0.717, 1.165) is 12.3 Å². The first-order valence-corrected chi connectivity index (χ1v) is 6.42. The minimum atomic E-state index is -0.763. The summed E-state index contributed by atoms with van der Waals surface area (Å²) < 4.78 is 0.